The Kier molecular flexibility index (Phi) is 7.70. The molecule has 0 bridgehead atoms. The van der Waals surface area contributed by atoms with Crippen LogP contribution in [0, 0.1) is 13.8 Å². The summed E-state index contributed by atoms with van der Waals surface area (Å²) in [5, 5.41) is 11.3. The second-order valence-electron chi connectivity index (χ2n) is 4.71. The molecular weight excluding hydrogens is 240 g/mol. The van der Waals surface area contributed by atoms with E-state index in [1.54, 1.807) is 7.11 Å². The third-order valence-corrected chi connectivity index (χ3v) is 3.34. The molecule has 0 aliphatic rings. The lowest BCUT2D eigenvalue weighted by Gasteiger charge is -2.07. The number of aromatic nitrogens is 2. The number of ether oxygens (including phenoxy) is 1. The normalized spacial score (nSPS) is 11.2. The van der Waals surface area contributed by atoms with Crippen LogP contribution >= 0.6 is 0 Å². The van der Waals surface area contributed by atoms with Crippen molar-refractivity contribution in [1.29, 1.82) is 0 Å². The van der Waals surface area contributed by atoms with E-state index in [-0.39, 0.29) is 0 Å². The molecule has 0 atom stereocenters. The maximum Gasteiger partial charge on any atom is 0.0628 e. The van der Waals surface area contributed by atoms with Crippen LogP contribution in [-0.4, -0.2) is 49.7 Å². The van der Waals surface area contributed by atoms with Crippen LogP contribution in [0.3, 0.4) is 0 Å². The average molecular weight is 268 g/mol. The number of aryl methyl sites for hydroxylation is 2. The van der Waals surface area contributed by atoms with Crippen LogP contribution in [0.4, 0.5) is 0 Å². The summed E-state index contributed by atoms with van der Waals surface area (Å²) in [5.41, 5.74) is 3.86. The molecule has 0 saturated carbocycles. The molecule has 5 heteroatoms. The number of nitrogens with one attached hydrogen (secondary N) is 2. The summed E-state index contributed by atoms with van der Waals surface area (Å²) in [6, 6.07) is 0. The molecule has 0 spiro atoms. The molecule has 0 unspecified atom stereocenters. The van der Waals surface area contributed by atoms with E-state index in [4.69, 9.17) is 4.74 Å². The summed E-state index contributed by atoms with van der Waals surface area (Å²) in [6.07, 6.45) is 1.05. The van der Waals surface area contributed by atoms with Crippen LogP contribution < -0.4 is 10.6 Å². The first-order valence-electron chi connectivity index (χ1n) is 7.14. The molecule has 19 heavy (non-hydrogen) atoms. The van der Waals surface area contributed by atoms with Gasteiger partial charge in [-0.15, -0.1) is 0 Å². The summed E-state index contributed by atoms with van der Waals surface area (Å²) in [5.74, 6) is 0. The summed E-state index contributed by atoms with van der Waals surface area (Å²) in [4.78, 5) is 0. The van der Waals surface area contributed by atoms with E-state index < -0.39 is 0 Å². The van der Waals surface area contributed by atoms with Crippen LogP contribution in [0.2, 0.25) is 0 Å². The highest BCUT2D eigenvalue weighted by molar-refractivity contribution is 5.24. The Morgan fingerprint density at radius 3 is 2.37 bits per heavy atom. The lowest BCUT2D eigenvalue weighted by atomic mass is 10.1. The Balaban J connectivity index is 2.17. The smallest absolute Gasteiger partial charge is 0.0628 e. The van der Waals surface area contributed by atoms with Gasteiger partial charge in [0.05, 0.1) is 12.3 Å². The molecule has 0 aliphatic carbocycles. The molecule has 1 heterocycles. The van der Waals surface area contributed by atoms with Crippen LogP contribution in [0.5, 0.6) is 0 Å². The van der Waals surface area contributed by atoms with Crippen molar-refractivity contribution in [3.63, 3.8) is 0 Å². The monoisotopic (exact) mass is 268 g/mol. The fourth-order valence-corrected chi connectivity index (χ4v) is 2.22. The molecule has 1 aromatic rings. The van der Waals surface area contributed by atoms with Gasteiger partial charge >= 0.3 is 0 Å². The molecule has 0 aromatic carbocycles. The van der Waals surface area contributed by atoms with Crippen molar-refractivity contribution in [1.82, 2.24) is 20.4 Å². The first-order chi connectivity index (χ1) is 9.20. The largest absolute Gasteiger partial charge is 0.383 e. The molecule has 5 nitrogen and oxygen atoms in total. The molecule has 1 rings (SSSR count). The van der Waals surface area contributed by atoms with Crippen molar-refractivity contribution in [2.45, 2.75) is 33.7 Å². The third kappa shape index (κ3) is 5.30. The van der Waals surface area contributed by atoms with Gasteiger partial charge in [-0.3, -0.25) is 4.68 Å². The predicted molar refractivity (Wildman–Crippen MR) is 78.7 cm³/mol. The second kappa shape index (κ2) is 9.07. The minimum atomic E-state index is 0.772. The molecular formula is C14H28N4O. The van der Waals surface area contributed by atoms with Gasteiger partial charge in [-0.1, -0.05) is 0 Å². The average Bonchev–Trinajstić information content (AvgIpc) is 2.68. The lowest BCUT2D eigenvalue weighted by Crippen LogP contribution is -2.30. The fraction of sp³-hybridized carbons (Fsp3) is 0.786. The highest BCUT2D eigenvalue weighted by Gasteiger charge is 2.09. The van der Waals surface area contributed by atoms with Gasteiger partial charge in [-0.25, -0.2) is 0 Å². The van der Waals surface area contributed by atoms with Crippen molar-refractivity contribution >= 4 is 0 Å². The molecule has 110 valence electrons. The van der Waals surface area contributed by atoms with E-state index in [2.05, 4.69) is 41.2 Å². The second-order valence-corrected chi connectivity index (χ2v) is 4.71. The van der Waals surface area contributed by atoms with Gasteiger partial charge in [0.1, 0.15) is 0 Å². The number of methoxy groups -OCH3 is 1. The molecule has 0 amide bonds. The van der Waals surface area contributed by atoms with Crippen LogP contribution in [0.1, 0.15) is 23.9 Å². The van der Waals surface area contributed by atoms with Gasteiger partial charge in [0.2, 0.25) is 0 Å². The van der Waals surface area contributed by atoms with E-state index >= 15 is 0 Å². The van der Waals surface area contributed by atoms with Gasteiger partial charge in [-0.2, -0.15) is 5.10 Å². The number of hydrogen-bond donors (Lipinski definition) is 2. The van der Waals surface area contributed by atoms with Crippen LogP contribution in [-0.2, 0) is 17.7 Å². The lowest BCUT2D eigenvalue weighted by molar-refractivity contribution is 0.199. The standard InChI is InChI=1S/C14H28N4O/c1-5-18-13(3)14(12(2)17-18)6-7-15-8-9-16-10-11-19-4/h15-16H,5-11H2,1-4H3. The Bertz CT molecular complexity index is 363. The topological polar surface area (TPSA) is 51.1 Å². The molecule has 0 fully saturated rings. The highest BCUT2D eigenvalue weighted by atomic mass is 16.5. The van der Waals surface area contributed by atoms with Crippen molar-refractivity contribution in [3.8, 4) is 0 Å². The van der Waals surface area contributed by atoms with Crippen LogP contribution in [0.15, 0.2) is 0 Å². The first-order valence-corrected chi connectivity index (χ1v) is 7.14. The number of hydrogen-bond acceptors (Lipinski definition) is 4. The summed E-state index contributed by atoms with van der Waals surface area (Å²) in [7, 11) is 1.72. The summed E-state index contributed by atoms with van der Waals surface area (Å²) < 4.78 is 7.05. The van der Waals surface area contributed by atoms with Crippen molar-refractivity contribution < 1.29 is 4.74 Å². The van der Waals surface area contributed by atoms with Gasteiger partial charge in [0.15, 0.2) is 0 Å². The molecule has 0 radical (unpaired) electrons. The van der Waals surface area contributed by atoms with Gasteiger partial charge < -0.3 is 15.4 Å². The summed E-state index contributed by atoms with van der Waals surface area (Å²) >= 11 is 0. The number of rotatable bonds is 10. The zero-order chi connectivity index (χ0) is 14.1. The molecule has 1 aromatic heterocycles. The van der Waals surface area contributed by atoms with E-state index in [1.165, 1.54) is 17.0 Å². The Morgan fingerprint density at radius 2 is 1.79 bits per heavy atom. The fourth-order valence-electron chi connectivity index (χ4n) is 2.22. The zero-order valence-electron chi connectivity index (χ0n) is 12.8. The molecule has 0 saturated heterocycles. The summed E-state index contributed by atoms with van der Waals surface area (Å²) in [6.45, 7) is 12.0. The van der Waals surface area contributed by atoms with Gasteiger partial charge in [0, 0.05) is 39.0 Å². The minimum Gasteiger partial charge on any atom is -0.383 e. The maximum absolute atomic E-state index is 4.97. The van der Waals surface area contributed by atoms with Crippen molar-refractivity contribution in [2.24, 2.45) is 0 Å². The molecule has 0 aliphatic heterocycles. The highest BCUT2D eigenvalue weighted by Crippen LogP contribution is 2.12. The van der Waals surface area contributed by atoms with E-state index in [0.717, 1.165) is 45.8 Å². The Labute approximate surface area is 116 Å². The van der Waals surface area contributed by atoms with Crippen molar-refractivity contribution in [2.75, 3.05) is 39.9 Å². The minimum absolute atomic E-state index is 0.772. The van der Waals surface area contributed by atoms with Gasteiger partial charge in [0.25, 0.3) is 0 Å². The maximum atomic E-state index is 4.97. The van der Waals surface area contributed by atoms with E-state index in [0.29, 0.717) is 0 Å². The predicted octanol–water partition coefficient (Wildman–Crippen LogP) is 0.888. The van der Waals surface area contributed by atoms with Crippen LogP contribution in [0.25, 0.3) is 0 Å². The Morgan fingerprint density at radius 1 is 1.11 bits per heavy atom. The zero-order valence-corrected chi connectivity index (χ0v) is 12.8. The Hall–Kier alpha value is -0.910. The van der Waals surface area contributed by atoms with E-state index in [1.807, 2.05) is 0 Å². The van der Waals surface area contributed by atoms with Crippen molar-refractivity contribution in [3.05, 3.63) is 17.0 Å². The van der Waals surface area contributed by atoms with E-state index in [9.17, 15) is 0 Å². The van der Waals surface area contributed by atoms with Gasteiger partial charge in [-0.05, 0) is 39.3 Å². The quantitative estimate of drug-likeness (QED) is 0.619. The number of nitrogens with zero attached hydrogens (tertiary/aromatic N) is 2. The third-order valence-electron chi connectivity index (χ3n) is 3.34. The SMILES string of the molecule is CCn1nc(C)c(CCNCCNCCOC)c1C. The first kappa shape index (κ1) is 16.1. The molecule has 2 N–H and O–H groups in total.